The number of hydrogen-bond acceptors (Lipinski definition) is 3. The SMILES string of the molecule is FC(F)c1ccc(-c2ccc(-c3cccs3)s2)s1. The average molecular weight is 298 g/mol. The van der Waals surface area contributed by atoms with E-state index in [9.17, 15) is 8.78 Å². The zero-order chi connectivity index (χ0) is 12.5. The van der Waals surface area contributed by atoms with E-state index >= 15 is 0 Å². The first-order valence-corrected chi connectivity index (χ1v) is 7.77. The van der Waals surface area contributed by atoms with Gasteiger partial charge in [0.2, 0.25) is 0 Å². The fourth-order valence-corrected chi connectivity index (χ4v) is 4.42. The van der Waals surface area contributed by atoms with Gasteiger partial charge in [0.05, 0.1) is 4.88 Å². The summed E-state index contributed by atoms with van der Waals surface area (Å²) in [6.45, 7) is 0. The molecule has 0 N–H and O–H groups in total. The third-order valence-corrected chi connectivity index (χ3v) is 5.89. The molecular formula is C13H8F2S3. The van der Waals surface area contributed by atoms with Crippen LogP contribution in [0.3, 0.4) is 0 Å². The molecule has 0 bridgehead atoms. The van der Waals surface area contributed by atoms with Gasteiger partial charge in [-0.3, -0.25) is 0 Å². The Labute approximate surface area is 115 Å². The molecule has 0 aromatic carbocycles. The normalized spacial score (nSPS) is 11.3. The highest BCUT2D eigenvalue weighted by Gasteiger charge is 2.13. The second-order valence-electron chi connectivity index (χ2n) is 3.64. The molecule has 0 aliphatic rings. The molecular weight excluding hydrogens is 290 g/mol. The Bertz CT molecular complexity index is 635. The van der Waals surface area contributed by atoms with Crippen LogP contribution in [0.4, 0.5) is 8.78 Å². The second-order valence-corrected chi connectivity index (χ2v) is 6.79. The molecule has 3 rings (SSSR count). The molecule has 18 heavy (non-hydrogen) atoms. The first-order valence-electron chi connectivity index (χ1n) is 5.26. The van der Waals surface area contributed by atoms with Crippen molar-refractivity contribution in [3.8, 4) is 19.5 Å². The van der Waals surface area contributed by atoms with E-state index in [1.807, 2.05) is 23.6 Å². The molecule has 3 aromatic rings. The van der Waals surface area contributed by atoms with Crippen molar-refractivity contribution < 1.29 is 8.78 Å². The lowest BCUT2D eigenvalue weighted by atomic mass is 10.3. The van der Waals surface area contributed by atoms with Crippen LogP contribution >= 0.6 is 34.0 Å². The molecule has 0 fully saturated rings. The molecule has 0 saturated carbocycles. The van der Waals surface area contributed by atoms with Crippen LogP contribution in [0.1, 0.15) is 11.3 Å². The Hall–Kier alpha value is -1.04. The van der Waals surface area contributed by atoms with Crippen LogP contribution in [0.25, 0.3) is 19.5 Å². The van der Waals surface area contributed by atoms with Crippen LogP contribution in [0, 0.1) is 0 Å². The molecule has 0 nitrogen and oxygen atoms in total. The highest BCUT2D eigenvalue weighted by Crippen LogP contribution is 2.40. The summed E-state index contributed by atoms with van der Waals surface area (Å²) in [5.74, 6) is 0. The number of thiophene rings is 3. The molecule has 0 aliphatic carbocycles. The van der Waals surface area contributed by atoms with E-state index in [2.05, 4.69) is 6.07 Å². The summed E-state index contributed by atoms with van der Waals surface area (Å²) in [7, 11) is 0. The van der Waals surface area contributed by atoms with Crippen molar-refractivity contribution in [3.63, 3.8) is 0 Å². The summed E-state index contributed by atoms with van der Waals surface area (Å²) in [4.78, 5) is 4.51. The van der Waals surface area contributed by atoms with Crippen LogP contribution in [-0.2, 0) is 0 Å². The van der Waals surface area contributed by atoms with Crippen molar-refractivity contribution in [2.24, 2.45) is 0 Å². The third-order valence-electron chi connectivity index (χ3n) is 2.45. The first kappa shape index (κ1) is 12.0. The maximum Gasteiger partial charge on any atom is 0.272 e. The predicted octanol–water partition coefficient (Wildman–Crippen LogP) is 6.14. The molecule has 92 valence electrons. The summed E-state index contributed by atoms with van der Waals surface area (Å²) in [6, 6.07) is 11.4. The van der Waals surface area contributed by atoms with Crippen molar-refractivity contribution >= 4 is 34.0 Å². The summed E-state index contributed by atoms with van der Waals surface area (Å²) in [5.41, 5.74) is 0. The molecule has 0 saturated heterocycles. The minimum Gasteiger partial charge on any atom is -0.204 e. The fraction of sp³-hybridized carbons (Fsp3) is 0.0769. The van der Waals surface area contributed by atoms with Crippen molar-refractivity contribution in [3.05, 3.63) is 46.7 Å². The molecule has 0 amide bonds. The number of alkyl halides is 2. The van der Waals surface area contributed by atoms with Gasteiger partial charge in [0.15, 0.2) is 0 Å². The number of hydrogen-bond donors (Lipinski definition) is 0. The molecule has 5 heteroatoms. The van der Waals surface area contributed by atoms with Crippen LogP contribution in [0.15, 0.2) is 41.8 Å². The summed E-state index contributed by atoms with van der Waals surface area (Å²) in [6.07, 6.45) is -2.37. The Morgan fingerprint density at radius 1 is 0.778 bits per heavy atom. The van der Waals surface area contributed by atoms with Crippen molar-refractivity contribution in [2.75, 3.05) is 0 Å². The minimum absolute atomic E-state index is 0.135. The van der Waals surface area contributed by atoms with Gasteiger partial charge in [0.25, 0.3) is 6.43 Å². The van der Waals surface area contributed by atoms with Gasteiger partial charge in [0, 0.05) is 19.5 Å². The lowest BCUT2D eigenvalue weighted by Crippen LogP contribution is -1.72. The standard InChI is InChI=1S/C13H8F2S3/c14-13(15)12-6-5-11(18-12)10-4-3-9(17-10)8-2-1-7-16-8/h1-7,13H. The Kier molecular flexibility index (Phi) is 3.28. The molecule has 3 heterocycles. The van der Waals surface area contributed by atoms with Gasteiger partial charge in [-0.15, -0.1) is 34.0 Å². The summed E-state index contributed by atoms with van der Waals surface area (Å²) in [5, 5.41) is 2.04. The van der Waals surface area contributed by atoms with Gasteiger partial charge >= 0.3 is 0 Å². The van der Waals surface area contributed by atoms with Crippen LogP contribution in [0.2, 0.25) is 0 Å². The van der Waals surface area contributed by atoms with E-state index in [1.165, 1.54) is 27.2 Å². The largest absolute Gasteiger partial charge is 0.272 e. The smallest absolute Gasteiger partial charge is 0.204 e. The van der Waals surface area contributed by atoms with Crippen LogP contribution < -0.4 is 0 Å². The van der Waals surface area contributed by atoms with Crippen LogP contribution in [0.5, 0.6) is 0 Å². The monoisotopic (exact) mass is 298 g/mol. The van der Waals surface area contributed by atoms with Gasteiger partial charge in [-0.2, -0.15) is 0 Å². The van der Waals surface area contributed by atoms with Gasteiger partial charge < -0.3 is 0 Å². The molecule has 0 atom stereocenters. The predicted molar refractivity (Wildman–Crippen MR) is 75.9 cm³/mol. The Balaban J connectivity index is 1.93. The molecule has 0 aliphatic heterocycles. The van der Waals surface area contributed by atoms with E-state index in [0.717, 1.165) is 9.75 Å². The zero-order valence-electron chi connectivity index (χ0n) is 9.10. The molecule has 0 unspecified atom stereocenters. The average Bonchev–Trinajstić information content (AvgIpc) is 3.10. The Morgan fingerprint density at radius 2 is 1.44 bits per heavy atom. The Morgan fingerprint density at radius 3 is 2.06 bits per heavy atom. The van der Waals surface area contributed by atoms with Gasteiger partial charge in [0.1, 0.15) is 0 Å². The van der Waals surface area contributed by atoms with Crippen molar-refractivity contribution in [2.45, 2.75) is 6.43 Å². The molecule has 3 aromatic heterocycles. The van der Waals surface area contributed by atoms with Crippen LogP contribution in [-0.4, -0.2) is 0 Å². The van der Waals surface area contributed by atoms with E-state index in [4.69, 9.17) is 0 Å². The van der Waals surface area contributed by atoms with E-state index < -0.39 is 6.43 Å². The topological polar surface area (TPSA) is 0 Å². The van der Waals surface area contributed by atoms with E-state index in [0.29, 0.717) is 0 Å². The molecule has 0 spiro atoms. The van der Waals surface area contributed by atoms with E-state index in [1.54, 1.807) is 28.7 Å². The lowest BCUT2D eigenvalue weighted by Gasteiger charge is -1.92. The first-order chi connectivity index (χ1) is 8.74. The second kappa shape index (κ2) is 4.91. The van der Waals surface area contributed by atoms with E-state index in [-0.39, 0.29) is 4.88 Å². The highest BCUT2D eigenvalue weighted by atomic mass is 32.1. The van der Waals surface area contributed by atoms with Gasteiger partial charge in [-0.25, -0.2) is 8.78 Å². The highest BCUT2D eigenvalue weighted by molar-refractivity contribution is 7.26. The quantitative estimate of drug-likeness (QED) is 0.544. The number of rotatable bonds is 3. The maximum absolute atomic E-state index is 12.5. The zero-order valence-corrected chi connectivity index (χ0v) is 11.5. The van der Waals surface area contributed by atoms with Crippen molar-refractivity contribution in [1.29, 1.82) is 0 Å². The van der Waals surface area contributed by atoms with Gasteiger partial charge in [-0.05, 0) is 35.7 Å². The molecule has 0 radical (unpaired) electrons. The third kappa shape index (κ3) is 2.25. The maximum atomic E-state index is 12.5. The fourth-order valence-electron chi connectivity index (χ4n) is 1.62. The van der Waals surface area contributed by atoms with Crippen molar-refractivity contribution in [1.82, 2.24) is 0 Å². The summed E-state index contributed by atoms with van der Waals surface area (Å²) >= 11 is 4.50. The minimum atomic E-state index is -2.37. The number of halogens is 2. The van der Waals surface area contributed by atoms with Gasteiger partial charge in [-0.1, -0.05) is 6.07 Å². The lowest BCUT2D eigenvalue weighted by molar-refractivity contribution is 0.155. The summed E-state index contributed by atoms with van der Waals surface area (Å²) < 4.78 is 25.1.